The summed E-state index contributed by atoms with van der Waals surface area (Å²) < 4.78 is 51.5. The van der Waals surface area contributed by atoms with Crippen LogP contribution in [-0.2, 0) is 17.5 Å². The highest BCUT2D eigenvalue weighted by molar-refractivity contribution is 6.30. The maximum absolute atomic E-state index is 13.2. The van der Waals surface area contributed by atoms with Crippen LogP contribution in [0.3, 0.4) is 0 Å². The van der Waals surface area contributed by atoms with E-state index in [1.165, 1.54) is 23.5 Å². The van der Waals surface area contributed by atoms with Crippen LogP contribution in [0.15, 0.2) is 42.9 Å². The summed E-state index contributed by atoms with van der Waals surface area (Å²) in [5.74, 6) is 0.427. The van der Waals surface area contributed by atoms with E-state index in [1.54, 1.807) is 18.2 Å². The van der Waals surface area contributed by atoms with Gasteiger partial charge in [0.05, 0.1) is 24.0 Å². The molecule has 2 aromatic heterocycles. The molecule has 2 aliphatic rings. The number of anilines is 1. The lowest BCUT2D eigenvalue weighted by molar-refractivity contribution is -0.141. The van der Waals surface area contributed by atoms with Gasteiger partial charge in [-0.3, -0.25) is 9.48 Å². The Morgan fingerprint density at radius 3 is 2.56 bits per heavy atom. The fourth-order valence-corrected chi connectivity index (χ4v) is 3.57. The van der Waals surface area contributed by atoms with E-state index >= 15 is 0 Å². The Morgan fingerprint density at radius 2 is 1.91 bits per heavy atom. The fourth-order valence-electron chi connectivity index (χ4n) is 3.47. The second-order valence-electron chi connectivity index (χ2n) is 7.40. The van der Waals surface area contributed by atoms with Gasteiger partial charge in [0, 0.05) is 25.6 Å². The average molecular weight is 466 g/mol. The maximum Gasteiger partial charge on any atom is 0.435 e. The summed E-state index contributed by atoms with van der Waals surface area (Å²) in [6.45, 7) is 0.112. The van der Waals surface area contributed by atoms with Gasteiger partial charge in [-0.15, -0.1) is 0 Å². The van der Waals surface area contributed by atoms with E-state index in [9.17, 15) is 18.0 Å². The van der Waals surface area contributed by atoms with E-state index < -0.39 is 17.5 Å². The van der Waals surface area contributed by atoms with Crippen LogP contribution in [0, 0.1) is 0 Å². The van der Waals surface area contributed by atoms with Crippen LogP contribution in [0.5, 0.6) is 17.5 Å². The molecule has 166 valence electrons. The van der Waals surface area contributed by atoms with Crippen molar-refractivity contribution >= 4 is 23.2 Å². The van der Waals surface area contributed by atoms with Crippen LogP contribution < -0.4 is 14.4 Å². The standard InChI is InChI=1S/C20H15ClF3N5O3/c21-12-10-25-18(26-11-12)31-13-2-1-3-14-16(13)29(17(30)19(32-14)5-6-19)9-8-28-7-4-15(27-28)20(22,23)24/h1-4,7,10-11H,5-6,8-9H2. The molecule has 1 amide bonds. The molecule has 0 radical (unpaired) electrons. The number of carbonyl (C=O) groups excluding carboxylic acids is 1. The van der Waals surface area contributed by atoms with E-state index in [0.717, 1.165) is 10.7 Å². The molecule has 1 fully saturated rings. The second-order valence-corrected chi connectivity index (χ2v) is 7.84. The second kappa shape index (κ2) is 7.37. The number of carbonyl (C=O) groups is 1. The largest absolute Gasteiger partial charge is 0.475 e. The first-order chi connectivity index (χ1) is 15.2. The molecular weight excluding hydrogens is 451 g/mol. The number of nitrogens with zero attached hydrogens (tertiary/aromatic N) is 5. The smallest absolute Gasteiger partial charge is 0.435 e. The number of para-hydroxylation sites is 1. The lowest BCUT2D eigenvalue weighted by atomic mass is 10.1. The molecule has 3 aromatic rings. The van der Waals surface area contributed by atoms with Crippen molar-refractivity contribution in [1.29, 1.82) is 0 Å². The quantitative estimate of drug-likeness (QED) is 0.564. The normalized spacial score (nSPS) is 16.6. The van der Waals surface area contributed by atoms with E-state index in [0.29, 0.717) is 29.3 Å². The molecule has 1 saturated carbocycles. The zero-order chi connectivity index (χ0) is 22.5. The van der Waals surface area contributed by atoms with Gasteiger partial charge in [-0.05, 0) is 18.2 Å². The molecule has 0 N–H and O–H groups in total. The molecule has 1 aromatic carbocycles. The van der Waals surface area contributed by atoms with E-state index in [1.807, 2.05) is 0 Å². The molecule has 0 bridgehead atoms. The van der Waals surface area contributed by atoms with E-state index in [2.05, 4.69) is 15.1 Å². The average Bonchev–Trinajstić information content (AvgIpc) is 3.34. The Kier molecular flexibility index (Phi) is 4.73. The zero-order valence-corrected chi connectivity index (χ0v) is 17.1. The van der Waals surface area contributed by atoms with Gasteiger partial charge in [0.1, 0.15) is 11.4 Å². The molecule has 3 heterocycles. The SMILES string of the molecule is O=C1N(CCn2ccc(C(F)(F)F)n2)c2c(Oc3ncc(Cl)cn3)cccc2OC12CC2. The van der Waals surface area contributed by atoms with E-state index in [4.69, 9.17) is 21.1 Å². The number of hydrogen-bond acceptors (Lipinski definition) is 6. The maximum atomic E-state index is 13.2. The number of ether oxygens (including phenoxy) is 2. The zero-order valence-electron chi connectivity index (χ0n) is 16.3. The minimum atomic E-state index is -4.54. The molecule has 12 heteroatoms. The highest BCUT2D eigenvalue weighted by atomic mass is 35.5. The van der Waals surface area contributed by atoms with Gasteiger partial charge in [0.15, 0.2) is 17.0 Å². The minimum Gasteiger partial charge on any atom is -0.475 e. The van der Waals surface area contributed by atoms with Crippen molar-refractivity contribution in [2.75, 3.05) is 11.4 Å². The van der Waals surface area contributed by atoms with Crippen molar-refractivity contribution in [3.63, 3.8) is 0 Å². The van der Waals surface area contributed by atoms with E-state index in [-0.39, 0.29) is 30.8 Å². The van der Waals surface area contributed by atoms with Crippen LogP contribution in [0.25, 0.3) is 0 Å². The number of aromatic nitrogens is 4. The number of amides is 1. The third-order valence-corrected chi connectivity index (χ3v) is 5.35. The van der Waals surface area contributed by atoms with Gasteiger partial charge in [0.2, 0.25) is 0 Å². The molecule has 5 rings (SSSR count). The molecule has 0 atom stereocenters. The molecular formula is C20H15ClF3N5O3. The van der Waals surface area contributed by atoms with Gasteiger partial charge < -0.3 is 14.4 Å². The highest BCUT2D eigenvalue weighted by Crippen LogP contribution is 2.52. The van der Waals surface area contributed by atoms with Crippen molar-refractivity contribution in [2.24, 2.45) is 0 Å². The summed E-state index contributed by atoms with van der Waals surface area (Å²) in [6, 6.07) is 5.95. The number of rotatable bonds is 5. The van der Waals surface area contributed by atoms with Crippen LogP contribution in [-0.4, -0.2) is 37.8 Å². The Labute approximate surface area is 184 Å². The number of hydrogen-bond donors (Lipinski definition) is 0. The van der Waals surface area contributed by atoms with Crippen molar-refractivity contribution in [3.8, 4) is 17.5 Å². The van der Waals surface area contributed by atoms with Crippen LogP contribution in [0.4, 0.5) is 18.9 Å². The lowest BCUT2D eigenvalue weighted by Gasteiger charge is -2.35. The van der Waals surface area contributed by atoms with Crippen molar-refractivity contribution in [2.45, 2.75) is 31.2 Å². The summed E-state index contributed by atoms with van der Waals surface area (Å²) in [4.78, 5) is 22.7. The topological polar surface area (TPSA) is 82.4 Å². The molecule has 0 saturated heterocycles. The molecule has 32 heavy (non-hydrogen) atoms. The predicted molar refractivity (Wildman–Crippen MR) is 106 cm³/mol. The number of benzene rings is 1. The van der Waals surface area contributed by atoms with Gasteiger partial charge in [-0.2, -0.15) is 18.3 Å². The van der Waals surface area contributed by atoms with Crippen LogP contribution >= 0.6 is 11.6 Å². The summed E-state index contributed by atoms with van der Waals surface area (Å²) in [5.41, 5.74) is -1.57. The molecule has 8 nitrogen and oxygen atoms in total. The summed E-state index contributed by atoms with van der Waals surface area (Å²) in [6.07, 6.45) is 0.553. The summed E-state index contributed by atoms with van der Waals surface area (Å²) in [7, 11) is 0. The minimum absolute atomic E-state index is 0.0174. The Bertz CT molecular complexity index is 1180. The fraction of sp³-hybridized carbons (Fsp3) is 0.300. The Hall–Kier alpha value is -3.34. The predicted octanol–water partition coefficient (Wildman–Crippen LogP) is 4.10. The Morgan fingerprint density at radius 1 is 1.16 bits per heavy atom. The summed E-state index contributed by atoms with van der Waals surface area (Å²) in [5, 5.41) is 3.89. The van der Waals surface area contributed by atoms with Gasteiger partial charge in [-0.25, -0.2) is 9.97 Å². The first-order valence-electron chi connectivity index (χ1n) is 9.65. The summed E-state index contributed by atoms with van der Waals surface area (Å²) >= 11 is 5.81. The van der Waals surface area contributed by atoms with Crippen molar-refractivity contribution in [3.05, 3.63) is 53.6 Å². The van der Waals surface area contributed by atoms with Crippen molar-refractivity contribution in [1.82, 2.24) is 19.7 Å². The van der Waals surface area contributed by atoms with Crippen LogP contribution in [0.1, 0.15) is 18.5 Å². The molecule has 1 spiro atoms. The lowest BCUT2D eigenvalue weighted by Crippen LogP contribution is -2.49. The third kappa shape index (κ3) is 3.72. The molecule has 0 unspecified atom stereocenters. The first-order valence-corrected chi connectivity index (χ1v) is 10.0. The number of alkyl halides is 3. The monoisotopic (exact) mass is 465 g/mol. The van der Waals surface area contributed by atoms with Gasteiger partial charge >= 0.3 is 12.2 Å². The third-order valence-electron chi connectivity index (χ3n) is 5.16. The number of halogens is 4. The van der Waals surface area contributed by atoms with Gasteiger partial charge in [-0.1, -0.05) is 17.7 Å². The van der Waals surface area contributed by atoms with Crippen molar-refractivity contribution < 1.29 is 27.4 Å². The Balaban J connectivity index is 1.45. The van der Waals surface area contributed by atoms with Gasteiger partial charge in [0.25, 0.3) is 5.91 Å². The highest BCUT2D eigenvalue weighted by Gasteiger charge is 2.58. The van der Waals surface area contributed by atoms with Crippen LogP contribution in [0.2, 0.25) is 5.02 Å². The molecule has 1 aliphatic carbocycles. The molecule has 1 aliphatic heterocycles. The number of fused-ring (bicyclic) bond motifs is 1. The first kappa shape index (κ1) is 20.6.